The zero-order valence-electron chi connectivity index (χ0n) is 12.1. The maximum absolute atomic E-state index is 10.4. The second kappa shape index (κ2) is 5.05. The summed E-state index contributed by atoms with van der Waals surface area (Å²) in [7, 11) is 0. The molecule has 3 unspecified atom stereocenters. The standard InChI is InChI=1S/C17H26O/c1-12-5-8-14(9-6-12)17(3,4)15-10-7-13(2)11-16(15)18/h5-6,8-9,13,15-16,18H,7,10-11H2,1-4H3. The Morgan fingerprint density at radius 3 is 2.28 bits per heavy atom. The SMILES string of the molecule is Cc1ccc(C(C)(C)C2CCC(C)CC2O)cc1. The van der Waals surface area contributed by atoms with Crippen LogP contribution in [0, 0.1) is 18.8 Å². The Hall–Kier alpha value is -0.820. The van der Waals surface area contributed by atoms with Crippen molar-refractivity contribution in [1.29, 1.82) is 0 Å². The molecule has 1 saturated carbocycles. The Kier molecular flexibility index (Phi) is 3.82. The first-order valence-corrected chi connectivity index (χ1v) is 7.16. The highest BCUT2D eigenvalue weighted by molar-refractivity contribution is 5.28. The van der Waals surface area contributed by atoms with Gasteiger partial charge in [-0.2, -0.15) is 0 Å². The summed E-state index contributed by atoms with van der Waals surface area (Å²) in [5.74, 6) is 1.06. The maximum Gasteiger partial charge on any atom is 0.0579 e. The summed E-state index contributed by atoms with van der Waals surface area (Å²) in [6.07, 6.45) is 3.20. The van der Waals surface area contributed by atoms with E-state index < -0.39 is 0 Å². The molecule has 18 heavy (non-hydrogen) atoms. The van der Waals surface area contributed by atoms with Crippen molar-refractivity contribution >= 4 is 0 Å². The molecule has 1 N–H and O–H groups in total. The molecule has 1 fully saturated rings. The zero-order valence-corrected chi connectivity index (χ0v) is 12.1. The molecule has 0 radical (unpaired) electrons. The molecule has 1 aromatic rings. The molecule has 100 valence electrons. The van der Waals surface area contributed by atoms with Crippen molar-refractivity contribution < 1.29 is 5.11 Å². The van der Waals surface area contributed by atoms with Crippen molar-refractivity contribution in [2.24, 2.45) is 11.8 Å². The predicted octanol–water partition coefficient (Wildman–Crippen LogP) is 4.07. The number of rotatable bonds is 2. The van der Waals surface area contributed by atoms with E-state index in [-0.39, 0.29) is 11.5 Å². The summed E-state index contributed by atoms with van der Waals surface area (Å²) >= 11 is 0. The molecule has 1 aromatic carbocycles. The summed E-state index contributed by atoms with van der Waals surface area (Å²) in [6.45, 7) is 8.93. The smallest absolute Gasteiger partial charge is 0.0579 e. The highest BCUT2D eigenvalue weighted by atomic mass is 16.3. The lowest BCUT2D eigenvalue weighted by Crippen LogP contribution is -2.41. The van der Waals surface area contributed by atoms with E-state index in [1.165, 1.54) is 17.5 Å². The Bertz CT molecular complexity index is 391. The summed E-state index contributed by atoms with van der Waals surface area (Å²) in [6, 6.07) is 8.80. The first-order valence-electron chi connectivity index (χ1n) is 7.16. The van der Waals surface area contributed by atoms with E-state index in [1.54, 1.807) is 0 Å². The van der Waals surface area contributed by atoms with E-state index in [4.69, 9.17) is 0 Å². The summed E-state index contributed by atoms with van der Waals surface area (Å²) in [5.41, 5.74) is 2.71. The largest absolute Gasteiger partial charge is 0.393 e. The van der Waals surface area contributed by atoms with Crippen LogP contribution in [0.4, 0.5) is 0 Å². The lowest BCUT2D eigenvalue weighted by atomic mass is 9.64. The first kappa shape index (κ1) is 13.6. The van der Waals surface area contributed by atoms with Gasteiger partial charge < -0.3 is 5.11 Å². The number of aryl methyl sites for hydroxylation is 1. The van der Waals surface area contributed by atoms with Gasteiger partial charge in [-0.25, -0.2) is 0 Å². The minimum Gasteiger partial charge on any atom is -0.393 e. The van der Waals surface area contributed by atoms with Crippen LogP contribution in [0.1, 0.15) is 51.2 Å². The summed E-state index contributed by atoms with van der Waals surface area (Å²) < 4.78 is 0. The number of hydrogen-bond acceptors (Lipinski definition) is 1. The van der Waals surface area contributed by atoms with Crippen molar-refractivity contribution in [1.82, 2.24) is 0 Å². The Balaban J connectivity index is 2.22. The minimum atomic E-state index is -0.148. The van der Waals surface area contributed by atoms with Gasteiger partial charge >= 0.3 is 0 Å². The molecule has 0 saturated heterocycles. The average molecular weight is 246 g/mol. The molecular weight excluding hydrogens is 220 g/mol. The Labute approximate surface area is 111 Å². The van der Waals surface area contributed by atoms with E-state index in [1.807, 2.05) is 0 Å². The van der Waals surface area contributed by atoms with E-state index in [0.717, 1.165) is 12.8 Å². The number of hydrogen-bond donors (Lipinski definition) is 1. The van der Waals surface area contributed by atoms with E-state index in [9.17, 15) is 5.11 Å². The van der Waals surface area contributed by atoms with Gasteiger partial charge in [0.2, 0.25) is 0 Å². The van der Waals surface area contributed by atoms with Crippen molar-refractivity contribution in [3.63, 3.8) is 0 Å². The van der Waals surface area contributed by atoms with Gasteiger partial charge in [-0.1, -0.05) is 57.0 Å². The molecule has 1 aliphatic carbocycles. The van der Waals surface area contributed by atoms with Crippen molar-refractivity contribution in [3.05, 3.63) is 35.4 Å². The molecule has 3 atom stereocenters. The van der Waals surface area contributed by atoms with E-state index in [2.05, 4.69) is 52.0 Å². The van der Waals surface area contributed by atoms with Crippen molar-refractivity contribution in [2.75, 3.05) is 0 Å². The van der Waals surface area contributed by atoms with Crippen LogP contribution in [0.5, 0.6) is 0 Å². The van der Waals surface area contributed by atoms with Crippen LogP contribution in [0.2, 0.25) is 0 Å². The molecule has 0 aliphatic heterocycles. The van der Waals surface area contributed by atoms with E-state index in [0.29, 0.717) is 11.8 Å². The fourth-order valence-corrected chi connectivity index (χ4v) is 3.39. The van der Waals surface area contributed by atoms with E-state index >= 15 is 0 Å². The molecule has 0 bridgehead atoms. The molecule has 0 heterocycles. The Morgan fingerprint density at radius 2 is 1.72 bits per heavy atom. The highest BCUT2D eigenvalue weighted by Gasteiger charge is 2.39. The van der Waals surface area contributed by atoms with Crippen LogP contribution in [-0.2, 0) is 5.41 Å². The van der Waals surface area contributed by atoms with Gasteiger partial charge in [0, 0.05) is 0 Å². The molecule has 1 aliphatic rings. The number of benzene rings is 1. The molecule has 0 amide bonds. The normalized spacial score (nSPS) is 29.3. The third-order valence-electron chi connectivity index (χ3n) is 4.80. The summed E-state index contributed by atoms with van der Waals surface area (Å²) in [4.78, 5) is 0. The van der Waals surface area contributed by atoms with Gasteiger partial charge in [0.15, 0.2) is 0 Å². The molecule has 2 rings (SSSR count). The van der Waals surface area contributed by atoms with Crippen molar-refractivity contribution in [2.45, 2.75) is 58.5 Å². The molecule has 0 spiro atoms. The van der Waals surface area contributed by atoms with Gasteiger partial charge in [0.25, 0.3) is 0 Å². The van der Waals surface area contributed by atoms with Gasteiger partial charge in [0.05, 0.1) is 6.10 Å². The molecular formula is C17H26O. The van der Waals surface area contributed by atoms with Crippen LogP contribution in [0.25, 0.3) is 0 Å². The molecule has 0 aromatic heterocycles. The average Bonchev–Trinajstić information content (AvgIpc) is 2.29. The molecule has 1 nitrogen and oxygen atoms in total. The fraction of sp³-hybridized carbons (Fsp3) is 0.647. The molecule has 1 heteroatoms. The van der Waals surface area contributed by atoms with Crippen LogP contribution in [-0.4, -0.2) is 11.2 Å². The summed E-state index contributed by atoms with van der Waals surface area (Å²) in [5, 5.41) is 10.4. The lowest BCUT2D eigenvalue weighted by Gasteiger charge is -2.42. The van der Waals surface area contributed by atoms with Gasteiger partial charge in [-0.15, -0.1) is 0 Å². The first-order chi connectivity index (χ1) is 8.41. The second-order valence-corrected chi connectivity index (χ2v) is 6.68. The van der Waals surface area contributed by atoms with Gasteiger partial charge in [-0.3, -0.25) is 0 Å². The van der Waals surface area contributed by atoms with Crippen LogP contribution in [0.15, 0.2) is 24.3 Å². The third kappa shape index (κ3) is 2.61. The Morgan fingerprint density at radius 1 is 1.11 bits per heavy atom. The number of aliphatic hydroxyl groups excluding tert-OH is 1. The quantitative estimate of drug-likeness (QED) is 0.834. The second-order valence-electron chi connectivity index (χ2n) is 6.68. The van der Waals surface area contributed by atoms with Gasteiger partial charge in [0.1, 0.15) is 0 Å². The lowest BCUT2D eigenvalue weighted by molar-refractivity contribution is 0.0143. The third-order valence-corrected chi connectivity index (χ3v) is 4.80. The number of aliphatic hydroxyl groups is 1. The topological polar surface area (TPSA) is 20.2 Å². The van der Waals surface area contributed by atoms with Crippen LogP contribution >= 0.6 is 0 Å². The van der Waals surface area contributed by atoms with Crippen molar-refractivity contribution in [3.8, 4) is 0 Å². The zero-order chi connectivity index (χ0) is 13.3. The predicted molar refractivity (Wildman–Crippen MR) is 76.7 cm³/mol. The monoisotopic (exact) mass is 246 g/mol. The van der Waals surface area contributed by atoms with Crippen LogP contribution in [0.3, 0.4) is 0 Å². The highest BCUT2D eigenvalue weighted by Crippen LogP contribution is 2.42. The van der Waals surface area contributed by atoms with Gasteiger partial charge in [-0.05, 0) is 42.6 Å². The van der Waals surface area contributed by atoms with Crippen LogP contribution < -0.4 is 0 Å². The maximum atomic E-state index is 10.4. The minimum absolute atomic E-state index is 0.0628. The fourth-order valence-electron chi connectivity index (χ4n) is 3.39.